The lowest BCUT2D eigenvalue weighted by molar-refractivity contribution is -0.0730. The van der Waals surface area contributed by atoms with Gasteiger partial charge in [0.25, 0.3) is 0 Å². The van der Waals surface area contributed by atoms with Crippen molar-refractivity contribution in [2.75, 3.05) is 19.0 Å². The second kappa shape index (κ2) is 16.7. The summed E-state index contributed by atoms with van der Waals surface area (Å²) in [4.78, 5) is 0.378. The van der Waals surface area contributed by atoms with E-state index in [-0.39, 0.29) is 54.2 Å². The highest BCUT2D eigenvalue weighted by Gasteiger charge is 2.46. The van der Waals surface area contributed by atoms with Crippen LogP contribution in [0.25, 0.3) is 0 Å². The first-order valence-corrected chi connectivity index (χ1v) is 18.6. The van der Waals surface area contributed by atoms with Crippen LogP contribution in [-0.4, -0.2) is 64.0 Å². The van der Waals surface area contributed by atoms with Gasteiger partial charge in [-0.15, -0.1) is 6.58 Å². The Kier molecular flexibility index (Phi) is 13.3. The molecule has 4 rings (SSSR count). The van der Waals surface area contributed by atoms with E-state index in [2.05, 4.69) is 53.5 Å². The van der Waals surface area contributed by atoms with Gasteiger partial charge in [0, 0.05) is 18.8 Å². The van der Waals surface area contributed by atoms with Gasteiger partial charge in [-0.05, 0) is 66.7 Å². The van der Waals surface area contributed by atoms with Crippen molar-refractivity contribution in [2.45, 2.75) is 114 Å². The summed E-state index contributed by atoms with van der Waals surface area (Å²) in [5.41, 5.74) is 2.22. The van der Waals surface area contributed by atoms with Gasteiger partial charge in [-0.1, -0.05) is 83.7 Å². The lowest BCUT2D eigenvalue weighted by Gasteiger charge is -2.38. The van der Waals surface area contributed by atoms with Gasteiger partial charge in [0.15, 0.2) is 9.84 Å². The highest BCUT2D eigenvalue weighted by molar-refractivity contribution is 7.91. The van der Waals surface area contributed by atoms with E-state index in [9.17, 15) is 8.42 Å². The van der Waals surface area contributed by atoms with Gasteiger partial charge in [-0.2, -0.15) is 0 Å². The third-order valence-corrected chi connectivity index (χ3v) is 12.0. The number of rotatable bonds is 16. The largest absolute Gasteiger partial charge is 0.374 e. The molecule has 0 N–H and O–H groups in total. The molecule has 0 saturated carbocycles. The molecule has 0 aromatic heterocycles. The van der Waals surface area contributed by atoms with Crippen LogP contribution < -0.4 is 0 Å². The quantitative estimate of drug-likeness (QED) is 0.135. The highest BCUT2D eigenvalue weighted by Crippen LogP contribution is 2.43. The molecule has 1 aromatic rings. The van der Waals surface area contributed by atoms with E-state index in [0.717, 1.165) is 49.7 Å². The molecule has 0 aliphatic carbocycles. The van der Waals surface area contributed by atoms with Gasteiger partial charge >= 0.3 is 0 Å². The fourth-order valence-corrected chi connectivity index (χ4v) is 8.89. The van der Waals surface area contributed by atoms with Crippen LogP contribution in [0.1, 0.15) is 72.6 Å². The maximum absolute atomic E-state index is 13.5. The van der Waals surface area contributed by atoms with E-state index in [1.54, 1.807) is 30.3 Å². The third kappa shape index (κ3) is 9.74. The maximum atomic E-state index is 13.5. The standard InChI is InChI=1S/C38H56O6S/c1-8-19-41-20-13-14-31-23-28(5)35(42-31)18-17-32-22-27(4)29(6)37(43-32)24-38-34(30(7)36(44-38)21-26(3)9-2)25-45(39,40)33-15-11-10-12-16-33/h8,10-16,26-27,30-32,34-38H,1,5-6,9,17-25H2,2-4,7H3/b14-13+/t26-,27-,30-,31+,32+,34-,35?,36-,37-,38?/m1/s1. The molecule has 1 aromatic carbocycles. The summed E-state index contributed by atoms with van der Waals surface area (Å²) in [6, 6.07) is 8.81. The average Bonchev–Trinajstić information content (AvgIpc) is 3.51. The van der Waals surface area contributed by atoms with Crippen molar-refractivity contribution in [3.05, 3.63) is 79.4 Å². The molecular formula is C38H56O6S. The first kappa shape index (κ1) is 35.8. The van der Waals surface area contributed by atoms with Crippen LogP contribution in [0.3, 0.4) is 0 Å². The number of sulfone groups is 1. The zero-order chi connectivity index (χ0) is 32.6. The fourth-order valence-electron chi connectivity index (χ4n) is 7.10. The summed E-state index contributed by atoms with van der Waals surface area (Å²) in [6.45, 7) is 22.3. The van der Waals surface area contributed by atoms with Crippen LogP contribution in [0.5, 0.6) is 0 Å². The predicted molar refractivity (Wildman–Crippen MR) is 182 cm³/mol. The molecule has 0 radical (unpaired) electrons. The van der Waals surface area contributed by atoms with Crippen LogP contribution in [-0.2, 0) is 28.8 Å². The van der Waals surface area contributed by atoms with Crippen molar-refractivity contribution in [3.63, 3.8) is 0 Å². The molecule has 10 atom stereocenters. The molecule has 3 fully saturated rings. The number of hydrogen-bond donors (Lipinski definition) is 0. The molecule has 250 valence electrons. The smallest absolute Gasteiger partial charge is 0.178 e. The molecule has 3 aliphatic rings. The van der Waals surface area contributed by atoms with Gasteiger partial charge in [0.2, 0.25) is 0 Å². The first-order chi connectivity index (χ1) is 21.5. The van der Waals surface area contributed by atoms with Crippen molar-refractivity contribution in [3.8, 4) is 0 Å². The van der Waals surface area contributed by atoms with E-state index in [1.165, 1.54) is 0 Å². The highest BCUT2D eigenvalue weighted by atomic mass is 32.2. The Morgan fingerprint density at radius 3 is 2.49 bits per heavy atom. The Balaban J connectivity index is 1.40. The Labute approximate surface area is 272 Å². The second-order valence-corrected chi connectivity index (χ2v) is 15.7. The maximum Gasteiger partial charge on any atom is 0.178 e. The zero-order valence-electron chi connectivity index (χ0n) is 27.9. The predicted octanol–water partition coefficient (Wildman–Crippen LogP) is 7.91. The molecule has 45 heavy (non-hydrogen) atoms. The first-order valence-electron chi connectivity index (χ1n) is 17.0. The van der Waals surface area contributed by atoms with Gasteiger partial charge < -0.3 is 18.9 Å². The lowest BCUT2D eigenvalue weighted by Crippen LogP contribution is -2.38. The Morgan fingerprint density at radius 2 is 1.78 bits per heavy atom. The average molecular weight is 641 g/mol. The minimum absolute atomic E-state index is 0.0177. The Hall–Kier alpha value is -2.03. The molecule has 0 amide bonds. The molecule has 7 heteroatoms. The molecule has 6 nitrogen and oxygen atoms in total. The van der Waals surface area contributed by atoms with Crippen molar-refractivity contribution in [1.29, 1.82) is 0 Å². The Bertz CT molecular complexity index is 1260. The Morgan fingerprint density at radius 1 is 1.02 bits per heavy atom. The molecule has 2 unspecified atom stereocenters. The van der Waals surface area contributed by atoms with Crippen molar-refractivity contribution < 1.29 is 27.4 Å². The van der Waals surface area contributed by atoms with E-state index in [0.29, 0.717) is 36.4 Å². The summed E-state index contributed by atoms with van der Waals surface area (Å²) < 4.78 is 52.3. The molecular weight excluding hydrogens is 584 g/mol. The zero-order valence-corrected chi connectivity index (χ0v) is 28.8. The SMILES string of the molecule is C=CCOC/C=C/[C@H]1CC(=C)C(CC[C@H]2C[C@@H](C)C(=C)[C@@H](CC3O[C@H](C[C@H](C)CC)[C@H](C)[C@H]3CS(=O)(=O)c3ccccc3)O2)O1. The van der Waals surface area contributed by atoms with Crippen molar-refractivity contribution >= 4 is 9.84 Å². The van der Waals surface area contributed by atoms with Crippen LogP contribution >= 0.6 is 0 Å². The second-order valence-electron chi connectivity index (χ2n) is 13.6. The summed E-state index contributed by atoms with van der Waals surface area (Å²) in [5.74, 6) is 0.928. The van der Waals surface area contributed by atoms with E-state index >= 15 is 0 Å². The third-order valence-electron chi connectivity index (χ3n) is 10.2. The topological polar surface area (TPSA) is 71.1 Å². The number of ether oxygens (including phenoxy) is 4. The van der Waals surface area contributed by atoms with Gasteiger partial charge in [-0.3, -0.25) is 0 Å². The van der Waals surface area contributed by atoms with Crippen LogP contribution in [0.2, 0.25) is 0 Å². The number of benzene rings is 1. The minimum Gasteiger partial charge on any atom is -0.374 e. The molecule has 0 bridgehead atoms. The number of hydrogen-bond acceptors (Lipinski definition) is 6. The van der Waals surface area contributed by atoms with Crippen molar-refractivity contribution in [2.24, 2.45) is 23.7 Å². The van der Waals surface area contributed by atoms with Gasteiger partial charge in [0.1, 0.15) is 0 Å². The molecule has 3 aliphatic heterocycles. The van der Waals surface area contributed by atoms with E-state index in [4.69, 9.17) is 18.9 Å². The van der Waals surface area contributed by atoms with E-state index < -0.39 is 9.84 Å². The summed E-state index contributed by atoms with van der Waals surface area (Å²) in [6.07, 6.45) is 11.7. The van der Waals surface area contributed by atoms with E-state index in [1.807, 2.05) is 12.1 Å². The van der Waals surface area contributed by atoms with Crippen molar-refractivity contribution in [1.82, 2.24) is 0 Å². The van der Waals surface area contributed by atoms with Crippen LogP contribution in [0, 0.1) is 23.7 Å². The summed E-state index contributed by atoms with van der Waals surface area (Å²) in [5, 5.41) is 0. The van der Waals surface area contributed by atoms with Gasteiger partial charge in [0.05, 0.1) is 60.5 Å². The minimum atomic E-state index is -3.46. The van der Waals surface area contributed by atoms with Crippen LogP contribution in [0.4, 0.5) is 0 Å². The molecule has 3 saturated heterocycles. The lowest BCUT2D eigenvalue weighted by atomic mass is 9.81. The fraction of sp³-hybridized carbons (Fsp3) is 0.632. The monoisotopic (exact) mass is 640 g/mol. The summed E-state index contributed by atoms with van der Waals surface area (Å²) >= 11 is 0. The van der Waals surface area contributed by atoms with Crippen LogP contribution in [0.15, 0.2) is 84.3 Å². The molecule has 3 heterocycles. The van der Waals surface area contributed by atoms with Gasteiger partial charge in [-0.25, -0.2) is 8.42 Å². The summed E-state index contributed by atoms with van der Waals surface area (Å²) in [7, 11) is -3.46. The normalized spacial score (nSPS) is 33.2. The molecule has 0 spiro atoms.